The molecular formula is C10H14O3. The van der Waals surface area contributed by atoms with Gasteiger partial charge in [0.25, 0.3) is 0 Å². The van der Waals surface area contributed by atoms with Gasteiger partial charge >= 0.3 is 0 Å². The van der Waals surface area contributed by atoms with Gasteiger partial charge in [-0.1, -0.05) is 6.07 Å². The van der Waals surface area contributed by atoms with Crippen molar-refractivity contribution in [3.63, 3.8) is 0 Å². The molecule has 1 N–H and O–H groups in total. The Morgan fingerprint density at radius 1 is 1.31 bits per heavy atom. The summed E-state index contributed by atoms with van der Waals surface area (Å²) in [4.78, 5) is 0. The van der Waals surface area contributed by atoms with Gasteiger partial charge in [0.05, 0.1) is 14.2 Å². The lowest BCUT2D eigenvalue weighted by Crippen LogP contribution is -1.94. The molecule has 13 heavy (non-hydrogen) atoms. The van der Waals surface area contributed by atoms with Crippen LogP contribution < -0.4 is 9.47 Å². The van der Waals surface area contributed by atoms with Crippen molar-refractivity contribution in [2.24, 2.45) is 0 Å². The minimum atomic E-state index is 0.384. The van der Waals surface area contributed by atoms with Gasteiger partial charge in [-0.15, -0.1) is 0 Å². The molecule has 3 nitrogen and oxygen atoms in total. The first-order chi connectivity index (χ1) is 6.81. The number of rotatable bonds is 5. The zero-order valence-electron chi connectivity index (χ0n) is 8.87. The molecule has 0 fully saturated rings. The Kier molecular flexibility index (Phi) is 3.04. The third-order valence-corrected chi connectivity index (χ3v) is 1.84. The van der Waals surface area contributed by atoms with Crippen LogP contribution in [0, 0.1) is 0 Å². The number of hydrogen-bond acceptors (Lipinski definition) is 3. The van der Waals surface area contributed by atoms with E-state index in [2.05, 4.69) is 5.11 Å². The van der Waals surface area contributed by atoms with E-state index >= 15 is 0 Å². The Balaban J connectivity index is 2.79. The summed E-state index contributed by atoms with van der Waals surface area (Å²) in [5, 5.41) is 4.25. The van der Waals surface area contributed by atoms with E-state index in [1.807, 2.05) is 18.2 Å². The highest BCUT2D eigenvalue weighted by atomic mass is 16.5. The van der Waals surface area contributed by atoms with Crippen molar-refractivity contribution in [3.8, 4) is 11.5 Å². The lowest BCUT2D eigenvalue weighted by Gasteiger charge is -2.08. The number of aliphatic hydroxyl groups excluding tert-OH is 1. The van der Waals surface area contributed by atoms with E-state index in [1.165, 1.54) is 0 Å². The van der Waals surface area contributed by atoms with Crippen molar-refractivity contribution in [3.05, 3.63) is 23.8 Å². The minimum Gasteiger partial charge on any atom is -0.493 e. The number of methoxy groups -OCH3 is 2. The molecule has 1 rings (SSSR count). The van der Waals surface area contributed by atoms with Crippen LogP contribution in [0.2, 0.25) is 0 Å². The first kappa shape index (κ1) is 8.38. The SMILES string of the molecule is [2H]OCCc1ccc(OC)c(OC)c1. The lowest BCUT2D eigenvalue weighted by atomic mass is 10.1. The fraction of sp³-hybridized carbons (Fsp3) is 0.400. The molecule has 0 heterocycles. The first-order valence-corrected chi connectivity index (χ1v) is 4.11. The molecule has 0 spiro atoms. The van der Waals surface area contributed by atoms with Crippen LogP contribution in [0.25, 0.3) is 0 Å². The molecule has 1 aromatic carbocycles. The monoisotopic (exact) mass is 183 g/mol. The predicted molar refractivity (Wildman–Crippen MR) is 50.3 cm³/mol. The number of aliphatic hydroxyl groups is 1. The Bertz CT molecular complexity index is 289. The van der Waals surface area contributed by atoms with Gasteiger partial charge in [0.1, 0.15) is 0 Å². The van der Waals surface area contributed by atoms with Gasteiger partial charge < -0.3 is 14.6 Å². The summed E-state index contributed by atoms with van der Waals surface area (Å²) >= 11 is 0. The summed E-state index contributed by atoms with van der Waals surface area (Å²) < 4.78 is 16.8. The zero-order chi connectivity index (χ0) is 10.4. The van der Waals surface area contributed by atoms with Crippen LogP contribution in [0.4, 0.5) is 0 Å². The van der Waals surface area contributed by atoms with Crippen LogP contribution in [0.15, 0.2) is 18.2 Å². The van der Waals surface area contributed by atoms with Crippen LogP contribution in [0.1, 0.15) is 5.56 Å². The summed E-state index contributed by atoms with van der Waals surface area (Å²) in [6.45, 7) is 0.384. The molecule has 0 aliphatic carbocycles. The fourth-order valence-corrected chi connectivity index (χ4v) is 1.15. The summed E-state index contributed by atoms with van der Waals surface area (Å²) in [7, 11) is 3.20. The summed E-state index contributed by atoms with van der Waals surface area (Å²) in [6.07, 6.45) is 0.698. The van der Waals surface area contributed by atoms with Gasteiger partial charge in [0.2, 0.25) is 1.43 Å². The Morgan fingerprint density at radius 2 is 2.08 bits per heavy atom. The van der Waals surface area contributed by atoms with Crippen molar-refractivity contribution in [1.82, 2.24) is 0 Å². The van der Waals surface area contributed by atoms with E-state index in [1.54, 1.807) is 14.2 Å². The zero-order valence-corrected chi connectivity index (χ0v) is 7.87. The Labute approximate surface area is 79.4 Å². The average Bonchev–Trinajstić information content (AvgIpc) is 2.25. The molecule has 0 amide bonds. The van der Waals surface area contributed by atoms with E-state index in [0.29, 0.717) is 24.5 Å². The van der Waals surface area contributed by atoms with Crippen LogP contribution in [-0.4, -0.2) is 27.4 Å². The largest absolute Gasteiger partial charge is 0.493 e. The average molecular weight is 183 g/mol. The molecule has 0 atom stereocenters. The fourth-order valence-electron chi connectivity index (χ4n) is 1.15. The van der Waals surface area contributed by atoms with Crippen LogP contribution >= 0.6 is 0 Å². The van der Waals surface area contributed by atoms with Gasteiger partial charge in [-0.05, 0) is 24.1 Å². The van der Waals surface area contributed by atoms with Gasteiger partial charge in [0, 0.05) is 6.61 Å². The predicted octanol–water partition coefficient (Wildman–Crippen LogP) is 1.24. The highest BCUT2D eigenvalue weighted by molar-refractivity contribution is 5.42. The molecule has 0 aromatic heterocycles. The van der Waals surface area contributed by atoms with Gasteiger partial charge in [-0.3, -0.25) is 0 Å². The van der Waals surface area contributed by atoms with Crippen molar-refractivity contribution in [1.29, 1.82) is 1.43 Å². The smallest absolute Gasteiger partial charge is 0.210 e. The highest BCUT2D eigenvalue weighted by Crippen LogP contribution is 2.27. The molecule has 0 aliphatic heterocycles. The van der Waals surface area contributed by atoms with Crippen molar-refractivity contribution in [2.45, 2.75) is 6.42 Å². The second kappa shape index (κ2) is 4.72. The number of ether oxygens (including phenoxy) is 2. The third kappa shape index (κ3) is 2.36. The number of hydrogen-bond donors (Lipinski definition) is 1. The lowest BCUT2D eigenvalue weighted by molar-refractivity contribution is 0.299. The van der Waals surface area contributed by atoms with Crippen molar-refractivity contribution >= 4 is 0 Å². The Hall–Kier alpha value is -1.22. The quantitative estimate of drug-likeness (QED) is 0.746. The second-order valence-electron chi connectivity index (χ2n) is 2.64. The minimum absolute atomic E-state index is 0.384. The molecule has 1 aromatic rings. The van der Waals surface area contributed by atoms with E-state index in [0.717, 1.165) is 5.56 Å². The Morgan fingerprint density at radius 3 is 2.69 bits per heavy atom. The van der Waals surface area contributed by atoms with Crippen LogP contribution in [-0.2, 0) is 6.42 Å². The summed E-state index contributed by atoms with van der Waals surface area (Å²) in [6, 6.07) is 5.66. The van der Waals surface area contributed by atoms with Crippen molar-refractivity contribution < 1.29 is 14.6 Å². The van der Waals surface area contributed by atoms with Gasteiger partial charge in [-0.2, -0.15) is 0 Å². The molecule has 0 saturated carbocycles. The van der Waals surface area contributed by atoms with E-state index < -0.39 is 0 Å². The van der Waals surface area contributed by atoms with Gasteiger partial charge in [-0.25, -0.2) is 0 Å². The molecule has 0 radical (unpaired) electrons. The van der Waals surface area contributed by atoms with E-state index in [4.69, 9.17) is 10.9 Å². The van der Waals surface area contributed by atoms with Crippen LogP contribution in [0.3, 0.4) is 0 Å². The molecule has 0 unspecified atom stereocenters. The maximum Gasteiger partial charge on any atom is 0.210 e. The van der Waals surface area contributed by atoms with E-state index in [9.17, 15) is 0 Å². The van der Waals surface area contributed by atoms with Crippen molar-refractivity contribution in [2.75, 3.05) is 20.8 Å². The molecule has 0 saturated heterocycles. The van der Waals surface area contributed by atoms with E-state index in [-0.39, 0.29) is 0 Å². The van der Waals surface area contributed by atoms with Gasteiger partial charge in [0.15, 0.2) is 11.5 Å². The first-order valence-electron chi connectivity index (χ1n) is 4.51. The molecular weight excluding hydrogens is 168 g/mol. The topological polar surface area (TPSA) is 38.7 Å². The standard InChI is InChI=1S/C10H14O3/c1-12-9-4-3-8(5-6-11)7-10(9)13-2/h3-4,7,11H,5-6H2,1-2H3/i11D. The highest BCUT2D eigenvalue weighted by Gasteiger charge is 2.03. The molecule has 72 valence electrons. The molecule has 3 heteroatoms. The summed E-state index contributed by atoms with van der Waals surface area (Å²) in [5.74, 6) is 1.41. The summed E-state index contributed by atoms with van der Waals surface area (Å²) in [5.41, 5.74) is 1.06. The normalized spacial score (nSPS) is 10.8. The maximum atomic E-state index is 6.57. The third-order valence-electron chi connectivity index (χ3n) is 1.84. The van der Waals surface area contributed by atoms with Crippen LogP contribution in [0.5, 0.6) is 11.5 Å². The maximum absolute atomic E-state index is 6.57. The number of benzene rings is 1. The molecule has 0 bridgehead atoms. The molecule has 0 aliphatic rings. The second-order valence-corrected chi connectivity index (χ2v) is 2.64.